The van der Waals surface area contributed by atoms with E-state index in [9.17, 15) is 0 Å². The predicted molar refractivity (Wildman–Crippen MR) is 133 cm³/mol. The Balaban J connectivity index is 2.03. The van der Waals surface area contributed by atoms with Crippen LogP contribution in [0.15, 0.2) is 91.0 Å². The fraction of sp³-hybridized carbons (Fsp3) is 0.379. The van der Waals surface area contributed by atoms with Gasteiger partial charge in [-0.1, -0.05) is 101 Å². The van der Waals surface area contributed by atoms with Crippen molar-refractivity contribution < 1.29 is 0 Å². The zero-order valence-corrected chi connectivity index (χ0v) is 18.8. The summed E-state index contributed by atoms with van der Waals surface area (Å²) in [6.07, 6.45) is 10.5. The van der Waals surface area contributed by atoms with Crippen molar-refractivity contribution in [1.29, 1.82) is 0 Å². The van der Waals surface area contributed by atoms with Gasteiger partial charge < -0.3 is 0 Å². The van der Waals surface area contributed by atoms with Gasteiger partial charge in [-0.2, -0.15) is 0 Å². The molecule has 0 heterocycles. The van der Waals surface area contributed by atoms with Gasteiger partial charge in [0.1, 0.15) is 23.1 Å². The van der Waals surface area contributed by atoms with Crippen LogP contribution in [0.2, 0.25) is 0 Å². The molecular weight excluding hydrogens is 362 g/mol. The highest BCUT2D eigenvalue weighted by molar-refractivity contribution is 5.71. The molecule has 0 N–H and O–H groups in total. The first-order chi connectivity index (χ1) is 14.8. The molecule has 0 bridgehead atoms. The number of rotatable bonds is 12. The van der Waals surface area contributed by atoms with E-state index in [0.29, 0.717) is 6.04 Å². The van der Waals surface area contributed by atoms with Crippen molar-refractivity contribution in [1.82, 2.24) is 4.48 Å². The normalized spacial score (nSPS) is 12.6. The monoisotopic (exact) mass is 400 g/mol. The molecule has 1 nitrogen and oxygen atoms in total. The average molecular weight is 401 g/mol. The Hall–Kier alpha value is -2.38. The molecule has 0 aromatic heterocycles. The number of hydrogen-bond acceptors (Lipinski definition) is 0. The summed E-state index contributed by atoms with van der Waals surface area (Å²) in [5, 5.41) is 0. The van der Waals surface area contributed by atoms with Gasteiger partial charge in [0.25, 0.3) is 0 Å². The first kappa shape index (κ1) is 22.3. The molecule has 1 atom stereocenters. The highest BCUT2D eigenvalue weighted by Gasteiger charge is 2.42. The molecule has 0 saturated heterocycles. The van der Waals surface area contributed by atoms with Crippen LogP contribution in [-0.4, -0.2) is 6.04 Å². The topological polar surface area (TPSA) is 0 Å². The summed E-state index contributed by atoms with van der Waals surface area (Å²) in [6.45, 7) is 4.65. The number of nitrogens with zero attached hydrogens (tertiary/aromatic N) is 1. The van der Waals surface area contributed by atoms with E-state index in [1.54, 1.807) is 0 Å². The van der Waals surface area contributed by atoms with Crippen LogP contribution >= 0.6 is 0 Å². The second kappa shape index (κ2) is 11.7. The molecule has 0 saturated carbocycles. The van der Waals surface area contributed by atoms with E-state index in [1.165, 1.54) is 62.0 Å². The quantitative estimate of drug-likeness (QED) is 0.210. The summed E-state index contributed by atoms with van der Waals surface area (Å²) in [5.41, 5.74) is 4.06. The second-order valence-electron chi connectivity index (χ2n) is 8.35. The van der Waals surface area contributed by atoms with Crippen LogP contribution in [0.3, 0.4) is 0 Å². The molecule has 3 aromatic rings. The molecule has 0 spiro atoms. The Bertz CT molecular complexity index is 729. The number of para-hydroxylation sites is 3. The fourth-order valence-corrected chi connectivity index (χ4v) is 4.90. The second-order valence-corrected chi connectivity index (χ2v) is 8.35. The van der Waals surface area contributed by atoms with Crippen molar-refractivity contribution >= 4 is 17.1 Å². The SMILES string of the molecule is CCCCCCCCC(CC)[N+](c1ccccc1)(c1ccccc1)c1ccccc1. The summed E-state index contributed by atoms with van der Waals surface area (Å²) in [5.74, 6) is 0. The number of unbranched alkanes of at least 4 members (excludes halogenated alkanes) is 5. The first-order valence-corrected chi connectivity index (χ1v) is 11.9. The Labute approximate surface area is 184 Å². The van der Waals surface area contributed by atoms with Gasteiger partial charge in [0.05, 0.1) is 0 Å². The third-order valence-corrected chi connectivity index (χ3v) is 6.40. The van der Waals surface area contributed by atoms with E-state index in [-0.39, 0.29) is 0 Å². The largest absolute Gasteiger partial charge is 0.224 e. The zero-order valence-electron chi connectivity index (χ0n) is 18.8. The van der Waals surface area contributed by atoms with Crippen LogP contribution in [0.4, 0.5) is 17.1 Å². The van der Waals surface area contributed by atoms with Gasteiger partial charge in [-0.05, 0) is 49.2 Å². The van der Waals surface area contributed by atoms with Crippen LogP contribution in [0.1, 0.15) is 65.2 Å². The fourth-order valence-electron chi connectivity index (χ4n) is 4.90. The molecule has 0 amide bonds. The molecule has 1 unspecified atom stereocenters. The van der Waals surface area contributed by atoms with Gasteiger partial charge in [0.15, 0.2) is 0 Å². The maximum absolute atomic E-state index is 2.36. The van der Waals surface area contributed by atoms with Crippen molar-refractivity contribution in [3.63, 3.8) is 0 Å². The first-order valence-electron chi connectivity index (χ1n) is 11.9. The lowest BCUT2D eigenvalue weighted by atomic mass is 9.96. The average Bonchev–Trinajstić information content (AvgIpc) is 2.82. The lowest BCUT2D eigenvalue weighted by Crippen LogP contribution is -2.48. The molecule has 0 aliphatic carbocycles. The van der Waals surface area contributed by atoms with E-state index in [0.717, 1.165) is 10.9 Å². The molecular formula is C29H38N+. The Morgan fingerprint density at radius 2 is 0.933 bits per heavy atom. The number of quaternary nitrogens is 1. The Morgan fingerprint density at radius 1 is 0.533 bits per heavy atom. The Kier molecular flexibility index (Phi) is 8.71. The van der Waals surface area contributed by atoms with Crippen LogP contribution in [0.5, 0.6) is 0 Å². The van der Waals surface area contributed by atoms with Crippen molar-refractivity contribution in [2.45, 2.75) is 71.3 Å². The van der Waals surface area contributed by atoms with Crippen molar-refractivity contribution in [3.05, 3.63) is 91.0 Å². The molecule has 0 aliphatic rings. The molecule has 30 heavy (non-hydrogen) atoms. The van der Waals surface area contributed by atoms with Crippen molar-refractivity contribution in [2.24, 2.45) is 0 Å². The Morgan fingerprint density at radius 3 is 1.33 bits per heavy atom. The maximum atomic E-state index is 2.36. The summed E-state index contributed by atoms with van der Waals surface area (Å²) in [6, 6.07) is 33.9. The van der Waals surface area contributed by atoms with E-state index >= 15 is 0 Å². The van der Waals surface area contributed by atoms with E-state index < -0.39 is 0 Å². The van der Waals surface area contributed by atoms with Gasteiger partial charge >= 0.3 is 0 Å². The van der Waals surface area contributed by atoms with E-state index in [2.05, 4.69) is 105 Å². The van der Waals surface area contributed by atoms with Crippen molar-refractivity contribution in [2.75, 3.05) is 0 Å². The zero-order chi connectivity index (χ0) is 21.1. The van der Waals surface area contributed by atoms with Gasteiger partial charge in [-0.3, -0.25) is 0 Å². The summed E-state index contributed by atoms with van der Waals surface area (Å²) < 4.78 is 0.800. The third kappa shape index (κ3) is 5.02. The maximum Gasteiger partial charge on any atom is 0.143 e. The van der Waals surface area contributed by atoms with Gasteiger partial charge in [0, 0.05) is 6.42 Å². The molecule has 0 radical (unpaired) electrons. The van der Waals surface area contributed by atoms with Crippen molar-refractivity contribution in [3.8, 4) is 0 Å². The lowest BCUT2D eigenvalue weighted by Gasteiger charge is -2.43. The van der Waals surface area contributed by atoms with Gasteiger partial charge in [-0.15, -0.1) is 0 Å². The number of benzene rings is 3. The predicted octanol–water partition coefficient (Wildman–Crippen LogP) is 9.19. The molecule has 3 aromatic carbocycles. The minimum absolute atomic E-state index is 0.503. The summed E-state index contributed by atoms with van der Waals surface area (Å²) >= 11 is 0. The van der Waals surface area contributed by atoms with E-state index in [4.69, 9.17) is 0 Å². The molecule has 1 heteroatoms. The van der Waals surface area contributed by atoms with Crippen LogP contribution < -0.4 is 4.48 Å². The summed E-state index contributed by atoms with van der Waals surface area (Å²) in [4.78, 5) is 0. The number of hydrogen-bond donors (Lipinski definition) is 0. The minimum atomic E-state index is 0.503. The highest BCUT2D eigenvalue weighted by Crippen LogP contribution is 2.47. The summed E-state index contributed by atoms with van der Waals surface area (Å²) in [7, 11) is 0. The van der Waals surface area contributed by atoms with Crippen LogP contribution in [-0.2, 0) is 0 Å². The van der Waals surface area contributed by atoms with Crippen LogP contribution in [0, 0.1) is 0 Å². The van der Waals surface area contributed by atoms with Crippen LogP contribution in [0.25, 0.3) is 0 Å². The third-order valence-electron chi connectivity index (χ3n) is 6.40. The molecule has 0 aliphatic heterocycles. The van der Waals surface area contributed by atoms with Gasteiger partial charge in [-0.25, -0.2) is 4.48 Å². The minimum Gasteiger partial charge on any atom is -0.224 e. The standard InChI is InChI=1S/C29H38N/c1-3-5-6-7-8-12-19-26(4-2)30(27-20-13-9-14-21-27,28-22-15-10-16-23-28)29-24-17-11-18-25-29/h9-11,13-18,20-26H,3-8,12,19H2,1-2H3/q+1. The molecule has 158 valence electrons. The van der Waals surface area contributed by atoms with E-state index in [1.807, 2.05) is 0 Å². The molecule has 0 fully saturated rings. The smallest absolute Gasteiger partial charge is 0.143 e. The molecule has 3 rings (SSSR count). The van der Waals surface area contributed by atoms with Gasteiger partial charge in [0.2, 0.25) is 0 Å². The lowest BCUT2D eigenvalue weighted by molar-refractivity contribution is 0.337. The highest BCUT2D eigenvalue weighted by atomic mass is 15.4.